The van der Waals surface area contributed by atoms with Gasteiger partial charge in [0, 0.05) is 22.5 Å². The third-order valence-corrected chi connectivity index (χ3v) is 13.0. The first-order valence-corrected chi connectivity index (χ1v) is 22.3. The van der Waals surface area contributed by atoms with Gasteiger partial charge in [-0.1, -0.05) is 197 Å². The lowest BCUT2D eigenvalue weighted by atomic mass is 9.78. The van der Waals surface area contributed by atoms with Gasteiger partial charge in [-0.15, -0.1) is 0 Å². The highest BCUT2D eigenvalue weighted by atomic mass is 15.1. The highest BCUT2D eigenvalue weighted by Gasteiger charge is 2.36. The van der Waals surface area contributed by atoms with Crippen LogP contribution in [0.25, 0.3) is 33.4 Å². The molecule has 7 rings (SSSR count). The zero-order valence-corrected chi connectivity index (χ0v) is 40.0. The first-order valence-electron chi connectivity index (χ1n) is 22.3. The maximum atomic E-state index is 2.50. The summed E-state index contributed by atoms with van der Waals surface area (Å²) in [7, 11) is 0. The molecule has 60 heavy (non-hydrogen) atoms. The minimum atomic E-state index is -0.100. The fourth-order valence-electron chi connectivity index (χ4n) is 8.74. The van der Waals surface area contributed by atoms with Crippen molar-refractivity contribution in [2.45, 2.75) is 150 Å². The lowest BCUT2D eigenvalue weighted by molar-refractivity contribution is 0.568. The van der Waals surface area contributed by atoms with Crippen LogP contribution < -0.4 is 4.90 Å². The summed E-state index contributed by atoms with van der Waals surface area (Å²) < 4.78 is 0. The molecule has 0 amide bonds. The Kier molecular flexibility index (Phi) is 10.5. The first-order chi connectivity index (χ1) is 27.6. The zero-order chi connectivity index (χ0) is 44.0. The van der Waals surface area contributed by atoms with Crippen LogP contribution in [0.2, 0.25) is 0 Å². The van der Waals surface area contributed by atoms with Crippen LogP contribution in [-0.4, -0.2) is 0 Å². The number of nitrogens with zero attached hydrogens (tertiary/aromatic N) is 1. The van der Waals surface area contributed by atoms with Gasteiger partial charge in [-0.05, 0) is 142 Å². The molecule has 312 valence electrons. The standard InChI is InChI=1S/C59H71N/c1-54(2,3)42-29-39(28-40(30-42)41-31-43(55(4,5)6)33-44(32-41)56(7,8)9)38-22-24-47(25-23-38)60(49-35-45(57(10,11)12)34-46(36-49)58(13,14)15)48-26-27-51-50-20-18-19-21-52(50)59(16,17)53(51)37-48/h18-37H,1-17H3. The molecule has 0 bridgehead atoms. The summed E-state index contributed by atoms with van der Waals surface area (Å²) >= 11 is 0. The second-order valence-corrected chi connectivity index (χ2v) is 23.4. The number of fused-ring (bicyclic) bond motifs is 3. The molecule has 6 aromatic rings. The number of anilines is 3. The van der Waals surface area contributed by atoms with Gasteiger partial charge in [0.1, 0.15) is 0 Å². The summed E-state index contributed by atoms with van der Waals surface area (Å²) in [6, 6.07) is 47.2. The predicted octanol–water partition coefficient (Wildman–Crippen LogP) is 17.3. The first kappa shape index (κ1) is 43.2. The van der Waals surface area contributed by atoms with E-state index in [1.807, 2.05) is 0 Å². The quantitative estimate of drug-likeness (QED) is 0.168. The van der Waals surface area contributed by atoms with Crippen molar-refractivity contribution in [3.8, 4) is 33.4 Å². The Balaban J connectivity index is 1.41. The van der Waals surface area contributed by atoms with Crippen molar-refractivity contribution in [1.82, 2.24) is 0 Å². The molecule has 1 nitrogen and oxygen atoms in total. The van der Waals surface area contributed by atoms with Crippen LogP contribution >= 0.6 is 0 Å². The molecule has 0 saturated heterocycles. The van der Waals surface area contributed by atoms with Gasteiger partial charge < -0.3 is 4.90 Å². The van der Waals surface area contributed by atoms with E-state index in [4.69, 9.17) is 0 Å². The average Bonchev–Trinajstić information content (AvgIpc) is 3.38. The van der Waals surface area contributed by atoms with E-state index in [1.54, 1.807) is 0 Å². The number of hydrogen-bond donors (Lipinski definition) is 0. The van der Waals surface area contributed by atoms with E-state index in [1.165, 1.54) is 83.7 Å². The van der Waals surface area contributed by atoms with Crippen molar-refractivity contribution < 1.29 is 0 Å². The molecule has 1 aliphatic carbocycles. The fourth-order valence-corrected chi connectivity index (χ4v) is 8.74. The molecule has 1 heteroatoms. The van der Waals surface area contributed by atoms with Gasteiger partial charge in [-0.3, -0.25) is 0 Å². The van der Waals surface area contributed by atoms with Crippen LogP contribution in [0.15, 0.2) is 121 Å². The van der Waals surface area contributed by atoms with E-state index in [-0.39, 0.29) is 32.5 Å². The summed E-state index contributed by atoms with van der Waals surface area (Å²) in [5, 5.41) is 0. The number of hydrogen-bond acceptors (Lipinski definition) is 1. The molecule has 0 atom stereocenters. The molecule has 0 spiro atoms. The molecular weight excluding hydrogens is 723 g/mol. The molecule has 0 aliphatic heterocycles. The Morgan fingerprint density at radius 2 is 0.700 bits per heavy atom. The van der Waals surface area contributed by atoms with Crippen molar-refractivity contribution in [3.05, 3.63) is 160 Å². The summed E-state index contributed by atoms with van der Waals surface area (Å²) in [6.45, 7) is 39.7. The molecule has 0 fully saturated rings. The van der Waals surface area contributed by atoms with Crippen LogP contribution in [0.3, 0.4) is 0 Å². The Morgan fingerprint density at radius 3 is 1.18 bits per heavy atom. The van der Waals surface area contributed by atoms with Crippen LogP contribution in [0, 0.1) is 0 Å². The van der Waals surface area contributed by atoms with Crippen LogP contribution in [-0.2, 0) is 32.5 Å². The van der Waals surface area contributed by atoms with Crippen molar-refractivity contribution in [1.29, 1.82) is 0 Å². The lowest BCUT2D eigenvalue weighted by Gasteiger charge is -2.32. The Bertz CT molecular complexity index is 2490. The highest BCUT2D eigenvalue weighted by molar-refractivity contribution is 5.86. The Morgan fingerprint density at radius 1 is 0.317 bits per heavy atom. The van der Waals surface area contributed by atoms with Crippen molar-refractivity contribution in [3.63, 3.8) is 0 Å². The topological polar surface area (TPSA) is 3.24 Å². The molecule has 1 aliphatic rings. The minimum Gasteiger partial charge on any atom is -0.310 e. The summed E-state index contributed by atoms with van der Waals surface area (Å²) in [6.07, 6.45) is 0. The van der Waals surface area contributed by atoms with Crippen LogP contribution in [0.1, 0.15) is 157 Å². The molecule has 6 aromatic carbocycles. The largest absolute Gasteiger partial charge is 0.310 e. The molecule has 0 aromatic heterocycles. The van der Waals surface area contributed by atoms with Crippen LogP contribution in [0.5, 0.6) is 0 Å². The SMILES string of the molecule is CC(C)(C)c1cc(-c2ccc(N(c3cc(C(C)(C)C)cc(C(C)(C)C)c3)c3ccc4c(c3)C(C)(C)c3ccccc3-4)cc2)cc(-c2cc(C(C)(C)C)cc(C(C)(C)C)c2)c1. The Labute approximate surface area is 364 Å². The second kappa shape index (κ2) is 14.6. The van der Waals surface area contributed by atoms with Crippen molar-refractivity contribution in [2.75, 3.05) is 4.90 Å². The highest BCUT2D eigenvalue weighted by Crippen LogP contribution is 2.51. The monoisotopic (exact) mass is 794 g/mol. The number of benzene rings is 6. The van der Waals surface area contributed by atoms with Gasteiger partial charge >= 0.3 is 0 Å². The predicted molar refractivity (Wildman–Crippen MR) is 263 cm³/mol. The average molecular weight is 794 g/mol. The van der Waals surface area contributed by atoms with Crippen LogP contribution in [0.4, 0.5) is 17.1 Å². The Hall–Kier alpha value is -4.88. The van der Waals surface area contributed by atoms with Gasteiger partial charge in [-0.2, -0.15) is 0 Å². The zero-order valence-electron chi connectivity index (χ0n) is 40.0. The van der Waals surface area contributed by atoms with Crippen molar-refractivity contribution in [2.24, 2.45) is 0 Å². The van der Waals surface area contributed by atoms with Gasteiger partial charge in [0.15, 0.2) is 0 Å². The normalized spacial score (nSPS) is 14.2. The van der Waals surface area contributed by atoms with E-state index >= 15 is 0 Å². The summed E-state index contributed by atoms with van der Waals surface area (Å²) in [4.78, 5) is 2.50. The molecule has 0 saturated carbocycles. The fraction of sp³-hybridized carbons (Fsp3) is 0.390. The van der Waals surface area contributed by atoms with E-state index in [2.05, 4.69) is 244 Å². The van der Waals surface area contributed by atoms with Gasteiger partial charge in [0.2, 0.25) is 0 Å². The van der Waals surface area contributed by atoms with E-state index < -0.39 is 0 Å². The van der Waals surface area contributed by atoms with E-state index in [0.717, 1.165) is 5.69 Å². The van der Waals surface area contributed by atoms with E-state index in [9.17, 15) is 0 Å². The summed E-state index contributed by atoms with van der Waals surface area (Å²) in [5.74, 6) is 0. The minimum absolute atomic E-state index is 0.0110. The van der Waals surface area contributed by atoms with E-state index in [0.29, 0.717) is 0 Å². The maximum Gasteiger partial charge on any atom is 0.0467 e. The smallest absolute Gasteiger partial charge is 0.0467 e. The van der Waals surface area contributed by atoms with Crippen molar-refractivity contribution >= 4 is 17.1 Å². The third-order valence-electron chi connectivity index (χ3n) is 13.0. The molecular formula is C59H71N. The van der Waals surface area contributed by atoms with Gasteiger partial charge in [-0.25, -0.2) is 0 Å². The molecule has 0 unspecified atom stereocenters. The summed E-state index contributed by atoms with van der Waals surface area (Å²) in [5.41, 5.74) is 20.7. The molecule has 0 heterocycles. The molecule has 0 radical (unpaired) electrons. The maximum absolute atomic E-state index is 2.50. The molecule has 0 N–H and O–H groups in total. The second-order valence-electron chi connectivity index (χ2n) is 23.4. The third kappa shape index (κ3) is 8.39. The number of rotatable bonds is 5. The van der Waals surface area contributed by atoms with Gasteiger partial charge in [0.05, 0.1) is 0 Å². The lowest BCUT2D eigenvalue weighted by Crippen LogP contribution is -2.19. The van der Waals surface area contributed by atoms with Gasteiger partial charge in [0.25, 0.3) is 0 Å².